The Balaban J connectivity index is 0.00000127. The third-order valence-corrected chi connectivity index (χ3v) is 4.17. The van der Waals surface area contributed by atoms with Crippen molar-refractivity contribution in [3.63, 3.8) is 0 Å². The molecule has 0 spiro atoms. The molecule has 2 rings (SSSR count). The number of amidine groups is 1. The lowest BCUT2D eigenvalue weighted by atomic mass is 10.2. The van der Waals surface area contributed by atoms with E-state index in [9.17, 15) is 4.79 Å². The van der Waals surface area contributed by atoms with Gasteiger partial charge in [-0.05, 0) is 48.3 Å². The lowest BCUT2D eigenvalue weighted by molar-refractivity contribution is -0.115. The molecule has 23 heavy (non-hydrogen) atoms. The molecule has 0 atom stereocenters. The van der Waals surface area contributed by atoms with Crippen molar-refractivity contribution < 1.29 is 4.79 Å². The van der Waals surface area contributed by atoms with Crippen LogP contribution in [0.1, 0.15) is 25.3 Å². The molecule has 0 aliphatic heterocycles. The average molecular weight is 379 g/mol. The molecular weight excluding hydrogens is 356 g/mol. The van der Waals surface area contributed by atoms with E-state index in [2.05, 4.69) is 33.6 Å². The van der Waals surface area contributed by atoms with E-state index in [4.69, 9.17) is 5.41 Å². The van der Waals surface area contributed by atoms with Crippen LogP contribution in [0.25, 0.3) is 5.70 Å². The maximum absolute atomic E-state index is 11.1. The van der Waals surface area contributed by atoms with Crippen molar-refractivity contribution in [2.45, 2.75) is 25.8 Å². The van der Waals surface area contributed by atoms with Crippen LogP contribution in [0, 0.1) is 5.41 Å². The van der Waals surface area contributed by atoms with Crippen molar-refractivity contribution in [3.8, 4) is 0 Å². The van der Waals surface area contributed by atoms with Gasteiger partial charge in [-0.15, -0.1) is 0 Å². The van der Waals surface area contributed by atoms with Crippen LogP contribution < -0.4 is 11.1 Å². The van der Waals surface area contributed by atoms with Gasteiger partial charge in [-0.2, -0.15) is 0 Å². The van der Waals surface area contributed by atoms with Crippen LogP contribution in [0.3, 0.4) is 0 Å². The van der Waals surface area contributed by atoms with Gasteiger partial charge in [0.2, 0.25) is 6.41 Å². The summed E-state index contributed by atoms with van der Waals surface area (Å²) < 4.78 is 0.647. The Kier molecular flexibility index (Phi) is 7.71. The lowest BCUT2D eigenvalue weighted by Crippen LogP contribution is -2.32. The first kappa shape index (κ1) is 19.1. The molecule has 6 heteroatoms. The van der Waals surface area contributed by atoms with Crippen LogP contribution in [0.5, 0.6) is 0 Å². The van der Waals surface area contributed by atoms with Crippen LogP contribution in [0.2, 0.25) is 0 Å². The van der Waals surface area contributed by atoms with E-state index in [1.807, 2.05) is 30.3 Å². The van der Waals surface area contributed by atoms with E-state index in [1.54, 1.807) is 6.92 Å². The number of hydrogen-bond acceptors (Lipinski definition) is 4. The first-order chi connectivity index (χ1) is 11.0. The van der Waals surface area contributed by atoms with E-state index < -0.39 is 0 Å². The maximum Gasteiger partial charge on any atom is 0.215 e. The molecule has 0 radical (unpaired) electrons. The van der Waals surface area contributed by atoms with Gasteiger partial charge in [-0.3, -0.25) is 15.1 Å². The molecule has 0 bridgehead atoms. The highest BCUT2D eigenvalue weighted by Crippen LogP contribution is 2.28. The summed E-state index contributed by atoms with van der Waals surface area (Å²) in [5.74, 6) is 0.215. The quantitative estimate of drug-likeness (QED) is 0.308. The summed E-state index contributed by atoms with van der Waals surface area (Å²) in [4.78, 5) is 12.6. The summed E-state index contributed by atoms with van der Waals surface area (Å²) >= 11 is 3.43. The summed E-state index contributed by atoms with van der Waals surface area (Å²) in [6, 6.07) is 9.92. The van der Waals surface area contributed by atoms with Gasteiger partial charge in [0.25, 0.3) is 0 Å². The molecule has 0 saturated heterocycles. The minimum atomic E-state index is 0.183. The average Bonchev–Trinajstić information content (AvgIpc) is 3.42. The number of nitrogens with two attached hydrogens (primary N) is 1. The van der Waals surface area contributed by atoms with Gasteiger partial charge in [0.15, 0.2) is 0 Å². The fraction of sp³-hybridized carbons (Fsp3) is 0.294. The van der Waals surface area contributed by atoms with Gasteiger partial charge in [0, 0.05) is 17.3 Å². The van der Waals surface area contributed by atoms with Crippen molar-refractivity contribution in [2.75, 3.05) is 7.05 Å². The molecule has 4 N–H and O–H groups in total. The van der Waals surface area contributed by atoms with Crippen molar-refractivity contribution in [1.29, 1.82) is 5.41 Å². The number of hydrogen-bond donors (Lipinski definition) is 3. The SMILES string of the molecule is C=C(N/C(Br)=C(\C)C(=N)N(C=O)C1CC1)c1ccccc1.CN. The monoisotopic (exact) mass is 378 g/mol. The van der Waals surface area contributed by atoms with Crippen molar-refractivity contribution in [1.82, 2.24) is 10.2 Å². The molecular formula is C17H23BrN4O. The molecule has 5 nitrogen and oxygen atoms in total. The predicted octanol–water partition coefficient (Wildman–Crippen LogP) is 3.05. The number of amides is 1. The summed E-state index contributed by atoms with van der Waals surface area (Å²) in [6.45, 7) is 5.79. The van der Waals surface area contributed by atoms with Crippen molar-refractivity contribution in [3.05, 3.63) is 52.7 Å². The van der Waals surface area contributed by atoms with Crippen molar-refractivity contribution in [2.24, 2.45) is 5.73 Å². The first-order valence-corrected chi connectivity index (χ1v) is 8.12. The first-order valence-electron chi connectivity index (χ1n) is 7.32. The highest BCUT2D eigenvalue weighted by atomic mass is 79.9. The third kappa shape index (κ3) is 5.33. The van der Waals surface area contributed by atoms with E-state index in [-0.39, 0.29) is 11.9 Å². The predicted molar refractivity (Wildman–Crippen MR) is 99.0 cm³/mol. The third-order valence-electron chi connectivity index (χ3n) is 3.38. The van der Waals surface area contributed by atoms with Gasteiger partial charge in [0.1, 0.15) is 5.84 Å². The largest absolute Gasteiger partial charge is 0.349 e. The zero-order chi connectivity index (χ0) is 17.4. The Morgan fingerprint density at radius 2 is 1.96 bits per heavy atom. The number of nitrogens with zero attached hydrogens (tertiary/aromatic N) is 1. The molecule has 1 fully saturated rings. The topological polar surface area (TPSA) is 82.2 Å². The van der Waals surface area contributed by atoms with Crippen LogP contribution in [-0.2, 0) is 4.79 Å². The smallest absolute Gasteiger partial charge is 0.215 e. The Bertz CT molecular complexity index is 594. The highest BCUT2D eigenvalue weighted by molar-refractivity contribution is 9.11. The summed E-state index contributed by atoms with van der Waals surface area (Å²) in [5, 5.41) is 11.3. The minimum absolute atomic E-state index is 0.183. The number of carbonyl (C=O) groups excluding carboxylic acids is 1. The Morgan fingerprint density at radius 3 is 2.43 bits per heavy atom. The number of nitrogens with one attached hydrogen (secondary N) is 2. The van der Waals surface area contributed by atoms with Gasteiger partial charge in [-0.25, -0.2) is 0 Å². The minimum Gasteiger partial charge on any atom is -0.349 e. The lowest BCUT2D eigenvalue weighted by Gasteiger charge is -2.20. The zero-order valence-corrected chi connectivity index (χ0v) is 15.1. The summed E-state index contributed by atoms with van der Waals surface area (Å²) in [6.07, 6.45) is 2.67. The van der Waals surface area contributed by atoms with E-state index in [1.165, 1.54) is 11.9 Å². The number of rotatable bonds is 6. The van der Waals surface area contributed by atoms with Gasteiger partial charge < -0.3 is 11.1 Å². The molecule has 1 aliphatic carbocycles. The molecule has 1 aromatic carbocycles. The normalized spacial score (nSPS) is 13.9. The Labute approximate surface area is 145 Å². The summed E-state index contributed by atoms with van der Waals surface area (Å²) in [7, 11) is 1.50. The second-order valence-electron chi connectivity index (χ2n) is 5.00. The zero-order valence-electron chi connectivity index (χ0n) is 13.5. The second kappa shape index (κ2) is 9.27. The van der Waals surface area contributed by atoms with Gasteiger partial charge in [0.05, 0.1) is 4.61 Å². The van der Waals surface area contributed by atoms with Crippen molar-refractivity contribution >= 4 is 33.9 Å². The molecule has 124 valence electrons. The highest BCUT2D eigenvalue weighted by Gasteiger charge is 2.31. The van der Waals surface area contributed by atoms with Crippen LogP contribution >= 0.6 is 15.9 Å². The standard InChI is InChI=1S/C16H18BrN3O.CH5N/c1-11(16(18)20(10-21)14-8-9-14)15(17)19-12(2)13-6-4-3-5-7-13;1-2/h3-7,10,14,18-19H,2,8-9H2,1H3;2H2,1H3/b15-11+,18-16?;. The van der Waals surface area contributed by atoms with Crippen LogP contribution in [-0.4, -0.2) is 30.2 Å². The molecule has 1 aliphatic rings. The van der Waals surface area contributed by atoms with E-state index in [0.29, 0.717) is 10.2 Å². The molecule has 0 heterocycles. The van der Waals surface area contributed by atoms with E-state index >= 15 is 0 Å². The second-order valence-corrected chi connectivity index (χ2v) is 5.79. The number of halogens is 1. The maximum atomic E-state index is 11.1. The fourth-order valence-corrected chi connectivity index (χ4v) is 2.34. The number of carbonyl (C=O) groups is 1. The summed E-state index contributed by atoms with van der Waals surface area (Å²) in [5.41, 5.74) is 6.88. The molecule has 1 aromatic rings. The van der Waals surface area contributed by atoms with Crippen LogP contribution in [0.15, 0.2) is 47.1 Å². The fourth-order valence-electron chi connectivity index (χ4n) is 1.91. The van der Waals surface area contributed by atoms with E-state index in [0.717, 1.165) is 30.5 Å². The number of benzene rings is 1. The molecule has 0 unspecified atom stereocenters. The van der Waals surface area contributed by atoms with Gasteiger partial charge >= 0.3 is 0 Å². The molecule has 0 aromatic heterocycles. The van der Waals surface area contributed by atoms with Gasteiger partial charge in [-0.1, -0.05) is 36.9 Å². The Morgan fingerprint density at radius 1 is 1.39 bits per heavy atom. The Hall–Kier alpha value is -1.92. The van der Waals surface area contributed by atoms with Crippen LogP contribution in [0.4, 0.5) is 0 Å². The molecule has 1 saturated carbocycles. The molecule has 1 amide bonds.